The van der Waals surface area contributed by atoms with E-state index in [-0.39, 0.29) is 5.91 Å². The Kier molecular flexibility index (Phi) is 4.66. The van der Waals surface area contributed by atoms with Gasteiger partial charge in [-0.15, -0.1) is 0 Å². The standard InChI is InChI=1S/C16H10BrClN2OS/c17-11-6-2-4-8-13(11)19-16-20-15(21)14(22-16)9-10-5-1-3-7-12(10)18/h1-9H,(H,19,20,21). The van der Waals surface area contributed by atoms with Gasteiger partial charge in [-0.25, -0.2) is 4.99 Å². The van der Waals surface area contributed by atoms with Crippen molar-refractivity contribution in [2.24, 2.45) is 4.99 Å². The van der Waals surface area contributed by atoms with Gasteiger partial charge in [0.05, 0.1) is 10.6 Å². The molecule has 0 unspecified atom stereocenters. The Morgan fingerprint density at radius 1 is 1.14 bits per heavy atom. The second-order valence-electron chi connectivity index (χ2n) is 4.45. The van der Waals surface area contributed by atoms with E-state index >= 15 is 0 Å². The van der Waals surface area contributed by atoms with Gasteiger partial charge in [-0.3, -0.25) is 4.79 Å². The van der Waals surface area contributed by atoms with Crippen molar-refractivity contribution in [1.82, 2.24) is 5.32 Å². The van der Waals surface area contributed by atoms with E-state index < -0.39 is 0 Å². The van der Waals surface area contributed by atoms with Crippen LogP contribution in [-0.4, -0.2) is 11.1 Å². The summed E-state index contributed by atoms with van der Waals surface area (Å²) in [5.74, 6) is -0.171. The van der Waals surface area contributed by atoms with Crippen LogP contribution in [-0.2, 0) is 4.79 Å². The minimum absolute atomic E-state index is 0.171. The number of hydrogen-bond acceptors (Lipinski definition) is 3. The van der Waals surface area contributed by atoms with Gasteiger partial charge in [0.25, 0.3) is 5.91 Å². The molecule has 1 saturated heterocycles. The number of amidine groups is 1. The quantitative estimate of drug-likeness (QED) is 0.730. The number of nitrogens with one attached hydrogen (secondary N) is 1. The molecule has 0 atom stereocenters. The molecule has 1 fully saturated rings. The number of thioether (sulfide) groups is 1. The SMILES string of the molecule is O=C1NC(=Nc2ccccc2Br)SC1=Cc1ccccc1Cl. The van der Waals surface area contributed by atoms with Gasteiger partial charge >= 0.3 is 0 Å². The average molecular weight is 394 g/mol. The zero-order valence-electron chi connectivity index (χ0n) is 11.2. The maximum Gasteiger partial charge on any atom is 0.264 e. The van der Waals surface area contributed by atoms with Gasteiger partial charge in [0, 0.05) is 9.50 Å². The Hall–Kier alpha value is -1.56. The number of amides is 1. The van der Waals surface area contributed by atoms with Crippen molar-refractivity contribution >= 4 is 62.1 Å². The summed E-state index contributed by atoms with van der Waals surface area (Å²) in [5.41, 5.74) is 1.58. The van der Waals surface area contributed by atoms with Crippen LogP contribution in [0.3, 0.4) is 0 Å². The molecule has 1 aliphatic heterocycles. The van der Waals surface area contributed by atoms with Crippen molar-refractivity contribution in [2.45, 2.75) is 0 Å². The number of para-hydroxylation sites is 1. The smallest absolute Gasteiger partial charge is 0.264 e. The summed E-state index contributed by atoms with van der Waals surface area (Å²) in [7, 11) is 0. The lowest BCUT2D eigenvalue weighted by atomic mass is 10.2. The molecule has 1 N–H and O–H groups in total. The van der Waals surface area contributed by atoms with Crippen LogP contribution < -0.4 is 5.32 Å². The maximum absolute atomic E-state index is 12.0. The summed E-state index contributed by atoms with van der Waals surface area (Å²) in [6.07, 6.45) is 1.77. The summed E-state index contributed by atoms with van der Waals surface area (Å²) in [5, 5.41) is 3.92. The third kappa shape index (κ3) is 3.43. The first kappa shape index (κ1) is 15.3. The fraction of sp³-hybridized carbons (Fsp3) is 0. The molecule has 1 heterocycles. The number of benzene rings is 2. The number of rotatable bonds is 2. The number of aliphatic imine (C=N–C) groups is 1. The summed E-state index contributed by atoms with van der Waals surface area (Å²) in [6, 6.07) is 15.0. The van der Waals surface area contributed by atoms with Crippen LogP contribution in [0.4, 0.5) is 5.69 Å². The van der Waals surface area contributed by atoms with E-state index in [4.69, 9.17) is 11.6 Å². The molecule has 3 rings (SSSR count). The molecule has 2 aromatic carbocycles. The molecule has 6 heteroatoms. The third-order valence-electron chi connectivity index (χ3n) is 2.92. The molecule has 3 nitrogen and oxygen atoms in total. The van der Waals surface area contributed by atoms with E-state index in [2.05, 4.69) is 26.2 Å². The second kappa shape index (κ2) is 6.69. The van der Waals surface area contributed by atoms with E-state index in [9.17, 15) is 4.79 Å². The molecule has 0 spiro atoms. The molecule has 22 heavy (non-hydrogen) atoms. The molecule has 1 amide bonds. The Balaban J connectivity index is 1.88. The average Bonchev–Trinajstić information content (AvgIpc) is 2.84. The minimum atomic E-state index is -0.171. The van der Waals surface area contributed by atoms with Crippen molar-refractivity contribution in [1.29, 1.82) is 0 Å². The lowest BCUT2D eigenvalue weighted by molar-refractivity contribution is -0.115. The maximum atomic E-state index is 12.0. The molecule has 110 valence electrons. The summed E-state index contributed by atoms with van der Waals surface area (Å²) < 4.78 is 0.876. The van der Waals surface area contributed by atoms with E-state index in [1.807, 2.05) is 42.5 Å². The third-order valence-corrected chi connectivity index (χ3v) is 4.84. The molecule has 0 aromatic heterocycles. The van der Waals surface area contributed by atoms with Gasteiger partial charge < -0.3 is 5.32 Å². The van der Waals surface area contributed by atoms with Gasteiger partial charge in [0.2, 0.25) is 0 Å². The van der Waals surface area contributed by atoms with Crippen LogP contribution in [0.15, 0.2) is 62.9 Å². The van der Waals surface area contributed by atoms with Gasteiger partial charge in [0.15, 0.2) is 5.17 Å². The van der Waals surface area contributed by atoms with Crippen LogP contribution in [0, 0.1) is 0 Å². The highest BCUT2D eigenvalue weighted by atomic mass is 79.9. The predicted molar refractivity (Wildman–Crippen MR) is 96.4 cm³/mol. The molecule has 0 saturated carbocycles. The van der Waals surface area contributed by atoms with Gasteiger partial charge in [-0.1, -0.05) is 41.9 Å². The Morgan fingerprint density at radius 3 is 2.64 bits per heavy atom. The number of hydrogen-bond donors (Lipinski definition) is 1. The van der Waals surface area contributed by atoms with Crippen LogP contribution in [0.1, 0.15) is 5.56 Å². The number of nitrogens with zero attached hydrogens (tertiary/aromatic N) is 1. The lowest BCUT2D eigenvalue weighted by Crippen LogP contribution is -2.19. The van der Waals surface area contributed by atoms with Crippen molar-refractivity contribution in [3.63, 3.8) is 0 Å². The number of carbonyl (C=O) groups is 1. The molecular formula is C16H10BrClN2OS. The highest BCUT2D eigenvalue weighted by Gasteiger charge is 2.24. The van der Waals surface area contributed by atoms with Crippen molar-refractivity contribution < 1.29 is 4.79 Å². The van der Waals surface area contributed by atoms with E-state index in [1.54, 1.807) is 12.1 Å². The molecule has 0 aliphatic carbocycles. The Bertz CT molecular complexity index is 804. The lowest BCUT2D eigenvalue weighted by Gasteiger charge is -1.98. The second-order valence-corrected chi connectivity index (χ2v) is 6.75. The van der Waals surface area contributed by atoms with Crippen molar-refractivity contribution in [2.75, 3.05) is 0 Å². The molecule has 1 aliphatic rings. The highest BCUT2D eigenvalue weighted by molar-refractivity contribution is 9.10. The van der Waals surface area contributed by atoms with Gasteiger partial charge in [-0.2, -0.15) is 0 Å². The minimum Gasteiger partial charge on any atom is -0.300 e. The van der Waals surface area contributed by atoms with Crippen LogP contribution in [0.5, 0.6) is 0 Å². The first-order valence-electron chi connectivity index (χ1n) is 6.42. The van der Waals surface area contributed by atoms with E-state index in [1.165, 1.54) is 11.8 Å². The van der Waals surface area contributed by atoms with Gasteiger partial charge in [-0.05, 0) is 57.5 Å². The van der Waals surface area contributed by atoms with Crippen molar-refractivity contribution in [3.05, 3.63) is 68.5 Å². The summed E-state index contributed by atoms with van der Waals surface area (Å²) >= 11 is 10.8. The predicted octanol–water partition coefficient (Wildman–Crippen LogP) is 4.99. The number of halogens is 2. The topological polar surface area (TPSA) is 41.5 Å². The Morgan fingerprint density at radius 2 is 1.86 bits per heavy atom. The van der Waals surface area contributed by atoms with E-state index in [0.717, 1.165) is 15.7 Å². The zero-order chi connectivity index (χ0) is 15.5. The van der Waals surface area contributed by atoms with E-state index in [0.29, 0.717) is 15.1 Å². The fourth-order valence-corrected chi connectivity index (χ4v) is 3.26. The first-order chi connectivity index (χ1) is 10.6. The van der Waals surface area contributed by atoms with Crippen molar-refractivity contribution in [3.8, 4) is 0 Å². The molecule has 0 bridgehead atoms. The fourth-order valence-electron chi connectivity index (χ4n) is 1.87. The summed E-state index contributed by atoms with van der Waals surface area (Å²) in [6.45, 7) is 0. The summed E-state index contributed by atoms with van der Waals surface area (Å²) in [4.78, 5) is 17.1. The first-order valence-corrected chi connectivity index (χ1v) is 8.41. The molecular weight excluding hydrogens is 384 g/mol. The van der Waals surface area contributed by atoms with Crippen LogP contribution in [0.2, 0.25) is 5.02 Å². The van der Waals surface area contributed by atoms with Gasteiger partial charge in [0.1, 0.15) is 0 Å². The van der Waals surface area contributed by atoms with Crippen LogP contribution >= 0.6 is 39.3 Å². The monoisotopic (exact) mass is 392 g/mol. The normalized spacial score (nSPS) is 18.0. The Labute approximate surface area is 145 Å². The number of carbonyl (C=O) groups excluding carboxylic acids is 1. The largest absolute Gasteiger partial charge is 0.300 e. The zero-order valence-corrected chi connectivity index (χ0v) is 14.4. The van der Waals surface area contributed by atoms with Crippen LogP contribution in [0.25, 0.3) is 6.08 Å². The molecule has 0 radical (unpaired) electrons. The molecule has 2 aromatic rings. The highest BCUT2D eigenvalue weighted by Crippen LogP contribution is 2.31.